The summed E-state index contributed by atoms with van der Waals surface area (Å²) < 4.78 is 9.71. The third kappa shape index (κ3) is 3.87. The van der Waals surface area contributed by atoms with Gasteiger partial charge in [-0.2, -0.15) is 0 Å². The molecule has 0 spiro atoms. The van der Waals surface area contributed by atoms with Gasteiger partial charge in [-0.1, -0.05) is 5.16 Å². The van der Waals surface area contributed by atoms with Gasteiger partial charge in [0.05, 0.1) is 12.8 Å². The number of rotatable bonds is 3. The minimum atomic E-state index is -0.337. The number of aromatic nitrogens is 1. The van der Waals surface area contributed by atoms with Crippen molar-refractivity contribution in [3.8, 4) is 0 Å². The first kappa shape index (κ1) is 14.2. The van der Waals surface area contributed by atoms with Crippen LogP contribution >= 0.6 is 0 Å². The Balaban J connectivity index is 1.71. The van der Waals surface area contributed by atoms with Crippen LogP contribution in [0.4, 0.5) is 15.5 Å². The fraction of sp³-hybridized carbons (Fsp3) is 0.583. The molecule has 1 aliphatic rings. The Morgan fingerprint density at radius 1 is 1.50 bits per heavy atom. The van der Waals surface area contributed by atoms with Gasteiger partial charge in [-0.15, -0.1) is 0 Å². The Bertz CT molecular complexity index is 440. The Hall–Kier alpha value is -2.25. The van der Waals surface area contributed by atoms with Gasteiger partial charge in [0, 0.05) is 25.2 Å². The lowest BCUT2D eigenvalue weighted by atomic mass is 10.1. The molecule has 0 radical (unpaired) electrons. The number of amides is 3. The monoisotopic (exact) mass is 282 g/mol. The van der Waals surface area contributed by atoms with Gasteiger partial charge in [-0.05, 0) is 19.8 Å². The number of likely N-dealkylation sites (tertiary alicyclic amines) is 1. The summed E-state index contributed by atoms with van der Waals surface area (Å²) in [6.45, 7) is 3.30. The highest BCUT2D eigenvalue weighted by atomic mass is 16.6. The van der Waals surface area contributed by atoms with Crippen LogP contribution in [0.5, 0.6) is 0 Å². The smallest absolute Gasteiger partial charge is 0.409 e. The number of ether oxygens (including phenoxy) is 1. The molecule has 3 amide bonds. The maximum atomic E-state index is 11.7. The maximum absolute atomic E-state index is 11.7. The maximum Gasteiger partial charge on any atom is 0.409 e. The van der Waals surface area contributed by atoms with Crippen molar-refractivity contribution in [1.82, 2.24) is 15.4 Å². The Labute approximate surface area is 116 Å². The molecule has 0 saturated carbocycles. The van der Waals surface area contributed by atoms with E-state index in [2.05, 4.69) is 15.8 Å². The van der Waals surface area contributed by atoms with E-state index >= 15 is 0 Å². The van der Waals surface area contributed by atoms with Crippen molar-refractivity contribution in [2.24, 2.45) is 0 Å². The van der Waals surface area contributed by atoms with Crippen LogP contribution in [0.25, 0.3) is 0 Å². The van der Waals surface area contributed by atoms with E-state index in [1.165, 1.54) is 6.20 Å². The lowest BCUT2D eigenvalue weighted by Crippen LogP contribution is -2.47. The molecule has 0 unspecified atom stereocenters. The highest BCUT2D eigenvalue weighted by molar-refractivity contribution is 5.87. The van der Waals surface area contributed by atoms with Crippen molar-refractivity contribution in [1.29, 1.82) is 0 Å². The third-order valence-corrected chi connectivity index (χ3v) is 3.03. The molecule has 2 rings (SSSR count). The number of piperidine rings is 1. The van der Waals surface area contributed by atoms with Crippen LogP contribution in [0.2, 0.25) is 0 Å². The van der Waals surface area contributed by atoms with Gasteiger partial charge in [0.25, 0.3) is 0 Å². The van der Waals surface area contributed by atoms with Crippen LogP contribution in [-0.4, -0.2) is 47.9 Å². The summed E-state index contributed by atoms with van der Waals surface area (Å²) in [4.78, 5) is 24.9. The summed E-state index contributed by atoms with van der Waals surface area (Å²) in [5.41, 5.74) is 0. The normalized spacial score (nSPS) is 15.8. The summed E-state index contributed by atoms with van der Waals surface area (Å²) in [6.07, 6.45) is 2.55. The molecule has 0 bridgehead atoms. The molecule has 2 heterocycles. The Morgan fingerprint density at radius 3 is 2.85 bits per heavy atom. The van der Waals surface area contributed by atoms with Crippen molar-refractivity contribution < 1.29 is 18.8 Å². The molecule has 0 atom stereocenters. The van der Waals surface area contributed by atoms with Gasteiger partial charge in [-0.25, -0.2) is 9.59 Å². The first-order valence-electron chi connectivity index (χ1n) is 6.59. The van der Waals surface area contributed by atoms with E-state index in [9.17, 15) is 9.59 Å². The molecule has 20 heavy (non-hydrogen) atoms. The summed E-state index contributed by atoms with van der Waals surface area (Å²) in [6, 6.07) is 1.25. The van der Waals surface area contributed by atoms with Crippen molar-refractivity contribution in [2.45, 2.75) is 25.8 Å². The molecule has 1 aliphatic heterocycles. The third-order valence-electron chi connectivity index (χ3n) is 3.03. The van der Waals surface area contributed by atoms with Gasteiger partial charge >= 0.3 is 12.1 Å². The van der Waals surface area contributed by atoms with Crippen LogP contribution in [0.3, 0.4) is 0 Å². The summed E-state index contributed by atoms with van der Waals surface area (Å²) >= 11 is 0. The zero-order valence-electron chi connectivity index (χ0n) is 11.3. The van der Waals surface area contributed by atoms with Crippen LogP contribution < -0.4 is 10.6 Å². The van der Waals surface area contributed by atoms with Crippen LogP contribution in [-0.2, 0) is 4.74 Å². The van der Waals surface area contributed by atoms with Crippen LogP contribution in [0, 0.1) is 0 Å². The highest BCUT2D eigenvalue weighted by Gasteiger charge is 2.24. The second-order valence-corrected chi connectivity index (χ2v) is 4.44. The molecule has 1 saturated heterocycles. The Morgan fingerprint density at radius 2 is 2.25 bits per heavy atom. The average Bonchev–Trinajstić information content (AvgIpc) is 2.92. The van der Waals surface area contributed by atoms with E-state index in [-0.39, 0.29) is 18.2 Å². The zero-order chi connectivity index (χ0) is 14.4. The average molecular weight is 282 g/mol. The lowest BCUT2D eigenvalue weighted by molar-refractivity contribution is 0.0959. The summed E-state index contributed by atoms with van der Waals surface area (Å²) in [7, 11) is 0. The summed E-state index contributed by atoms with van der Waals surface area (Å²) in [5.74, 6) is 0.298. The van der Waals surface area contributed by atoms with Gasteiger partial charge < -0.3 is 19.5 Å². The second kappa shape index (κ2) is 6.78. The number of nitrogens with one attached hydrogen (secondary N) is 2. The van der Waals surface area contributed by atoms with Crippen LogP contribution in [0.15, 0.2) is 16.8 Å². The number of nitrogens with zero attached hydrogens (tertiary/aromatic N) is 2. The molecule has 0 aliphatic carbocycles. The Kier molecular flexibility index (Phi) is 4.80. The minimum Gasteiger partial charge on any atom is -0.450 e. The minimum absolute atomic E-state index is 0.0311. The number of carbonyl (C=O) groups is 2. The van der Waals surface area contributed by atoms with E-state index in [1.807, 2.05) is 0 Å². The van der Waals surface area contributed by atoms with Gasteiger partial charge in [0.2, 0.25) is 5.88 Å². The van der Waals surface area contributed by atoms with Gasteiger partial charge in [0.1, 0.15) is 0 Å². The van der Waals surface area contributed by atoms with Crippen molar-refractivity contribution in [3.05, 3.63) is 12.3 Å². The fourth-order valence-electron chi connectivity index (χ4n) is 2.03. The predicted octanol–water partition coefficient (Wildman–Crippen LogP) is 1.42. The van der Waals surface area contributed by atoms with Crippen molar-refractivity contribution >= 4 is 18.0 Å². The molecular weight excluding hydrogens is 264 g/mol. The zero-order valence-corrected chi connectivity index (χ0v) is 11.3. The largest absolute Gasteiger partial charge is 0.450 e. The molecule has 1 aromatic rings. The van der Waals surface area contributed by atoms with E-state index in [0.717, 1.165) is 0 Å². The molecule has 1 aromatic heterocycles. The number of urea groups is 1. The highest BCUT2D eigenvalue weighted by Crippen LogP contribution is 2.12. The SMILES string of the molecule is CCOC(=O)N1CCC(NC(=O)Nc2ccno2)CC1. The number of anilines is 1. The fourth-order valence-corrected chi connectivity index (χ4v) is 2.03. The number of hydrogen-bond donors (Lipinski definition) is 2. The quantitative estimate of drug-likeness (QED) is 0.873. The van der Waals surface area contributed by atoms with Crippen LogP contribution in [0.1, 0.15) is 19.8 Å². The first-order chi connectivity index (χ1) is 9.69. The van der Waals surface area contributed by atoms with Gasteiger partial charge in [0.15, 0.2) is 0 Å². The summed E-state index contributed by atoms with van der Waals surface area (Å²) in [5, 5.41) is 8.86. The first-order valence-corrected chi connectivity index (χ1v) is 6.59. The molecule has 110 valence electrons. The van der Waals surface area contributed by atoms with Crippen molar-refractivity contribution in [3.63, 3.8) is 0 Å². The standard InChI is InChI=1S/C12H18N4O4/c1-2-19-12(18)16-7-4-9(5-8-16)14-11(17)15-10-3-6-13-20-10/h3,6,9H,2,4-5,7-8H2,1H3,(H2,14,15,17). The topological polar surface area (TPSA) is 96.7 Å². The van der Waals surface area contributed by atoms with E-state index in [1.54, 1.807) is 17.9 Å². The second-order valence-electron chi connectivity index (χ2n) is 4.44. The molecule has 8 heteroatoms. The predicted molar refractivity (Wildman–Crippen MR) is 70.3 cm³/mol. The number of carbonyl (C=O) groups excluding carboxylic acids is 2. The molecule has 2 N–H and O–H groups in total. The molecule has 1 fully saturated rings. The van der Waals surface area contributed by atoms with Gasteiger partial charge in [-0.3, -0.25) is 5.32 Å². The molecular formula is C12H18N4O4. The molecule has 8 nitrogen and oxygen atoms in total. The lowest BCUT2D eigenvalue weighted by Gasteiger charge is -2.31. The van der Waals surface area contributed by atoms with E-state index in [0.29, 0.717) is 38.4 Å². The number of hydrogen-bond acceptors (Lipinski definition) is 5. The molecule has 0 aromatic carbocycles. The van der Waals surface area contributed by atoms with Crippen molar-refractivity contribution in [2.75, 3.05) is 25.0 Å². The van der Waals surface area contributed by atoms with E-state index < -0.39 is 0 Å². The van der Waals surface area contributed by atoms with E-state index in [4.69, 9.17) is 9.26 Å².